The maximum Gasteiger partial charge on any atom is 0.169 e. The van der Waals surface area contributed by atoms with Crippen molar-refractivity contribution < 1.29 is 9.90 Å². The molecule has 2 atom stereocenters. The molecule has 2 aromatic rings. The maximum absolute atomic E-state index is 12.7. The number of nitrogens with zero attached hydrogens (tertiary/aromatic N) is 1. The van der Waals surface area contributed by atoms with Gasteiger partial charge in [-0.2, -0.15) is 0 Å². The number of rotatable bonds is 3. The fraction of sp³-hybridized carbons (Fsp3) is 0.333. The topological polar surface area (TPSA) is 73.7 Å². The zero-order valence-corrected chi connectivity index (χ0v) is 14.4. The molecule has 0 radical (unpaired) electrons. The summed E-state index contributed by atoms with van der Waals surface area (Å²) in [6.07, 6.45) is 3.62. The number of ketones is 1. The number of carbonyl (C=O) groups excluding carboxylic acids is 1. The summed E-state index contributed by atoms with van der Waals surface area (Å²) in [5.74, 6) is 0.914. The monoisotopic (exact) mass is 347 g/mol. The number of benzene rings is 2. The minimum absolute atomic E-state index is 0.0307. The number of carbonyl (C=O) groups is 1. The van der Waals surface area contributed by atoms with Crippen LogP contribution in [0.3, 0.4) is 0 Å². The Kier molecular flexibility index (Phi) is 3.65. The van der Waals surface area contributed by atoms with Crippen LogP contribution in [0.15, 0.2) is 59.2 Å². The van der Waals surface area contributed by atoms with Gasteiger partial charge in [-0.05, 0) is 35.1 Å². The molecule has 2 aromatic carbocycles. The van der Waals surface area contributed by atoms with E-state index >= 15 is 0 Å². The molecular formula is C21H21N3O2. The standard InChI is InChI=1S/C21H21N3O2/c25-17-9-15(10-17)20-19-18(26)11-16(22-21(19)24-23-20)8-12-5-6-13-3-1-2-4-14(13)7-12/h1-7,11,15,17,19-20,23,25H,8-10H2,(H,22,24). The molecule has 5 rings (SSSR count). The van der Waals surface area contributed by atoms with Gasteiger partial charge in [-0.25, -0.2) is 10.4 Å². The highest BCUT2D eigenvalue weighted by atomic mass is 16.3. The van der Waals surface area contributed by atoms with Crippen LogP contribution in [0.2, 0.25) is 0 Å². The number of fused-ring (bicyclic) bond motifs is 2. The molecule has 3 aliphatic rings. The van der Waals surface area contributed by atoms with Crippen molar-refractivity contribution in [2.24, 2.45) is 16.8 Å². The summed E-state index contributed by atoms with van der Waals surface area (Å²) in [5, 5.41) is 12.0. The predicted molar refractivity (Wildman–Crippen MR) is 100 cm³/mol. The zero-order chi connectivity index (χ0) is 17.7. The third-order valence-electron chi connectivity index (χ3n) is 5.76. The second-order valence-electron chi connectivity index (χ2n) is 7.55. The fourth-order valence-corrected chi connectivity index (χ4v) is 4.30. The molecule has 0 bridgehead atoms. The van der Waals surface area contributed by atoms with E-state index in [1.54, 1.807) is 6.08 Å². The van der Waals surface area contributed by atoms with E-state index in [9.17, 15) is 9.90 Å². The van der Waals surface area contributed by atoms with Crippen molar-refractivity contribution >= 4 is 22.4 Å². The molecule has 0 spiro atoms. The second kappa shape index (κ2) is 6.04. The first-order chi connectivity index (χ1) is 12.7. The molecular weight excluding hydrogens is 326 g/mol. The Bertz CT molecular complexity index is 943. The highest BCUT2D eigenvalue weighted by molar-refractivity contribution is 6.12. The summed E-state index contributed by atoms with van der Waals surface area (Å²) in [4.78, 5) is 17.4. The van der Waals surface area contributed by atoms with Crippen molar-refractivity contribution in [3.63, 3.8) is 0 Å². The minimum Gasteiger partial charge on any atom is -0.393 e. The molecule has 1 saturated heterocycles. The number of hydrogen-bond donors (Lipinski definition) is 3. The number of hydrazine groups is 1. The van der Waals surface area contributed by atoms with E-state index in [0.717, 1.165) is 29.9 Å². The molecule has 5 heteroatoms. The maximum atomic E-state index is 12.7. The van der Waals surface area contributed by atoms with Crippen molar-refractivity contribution in [3.05, 3.63) is 59.8 Å². The molecule has 1 aliphatic carbocycles. The van der Waals surface area contributed by atoms with E-state index in [0.29, 0.717) is 12.3 Å². The molecule has 0 amide bonds. The molecule has 26 heavy (non-hydrogen) atoms. The van der Waals surface area contributed by atoms with Gasteiger partial charge < -0.3 is 10.5 Å². The Morgan fingerprint density at radius 2 is 1.92 bits per heavy atom. The normalized spacial score (nSPS) is 30.3. The van der Waals surface area contributed by atoms with Crippen LogP contribution in [0.5, 0.6) is 0 Å². The number of nitrogens with one attached hydrogen (secondary N) is 2. The Morgan fingerprint density at radius 3 is 2.73 bits per heavy atom. The van der Waals surface area contributed by atoms with Crippen molar-refractivity contribution in [2.45, 2.75) is 31.4 Å². The molecule has 2 heterocycles. The largest absolute Gasteiger partial charge is 0.393 e. The summed E-state index contributed by atoms with van der Waals surface area (Å²) in [6.45, 7) is 0. The van der Waals surface area contributed by atoms with Crippen LogP contribution in [0.25, 0.3) is 10.8 Å². The van der Waals surface area contributed by atoms with Crippen molar-refractivity contribution in [2.75, 3.05) is 0 Å². The highest BCUT2D eigenvalue weighted by Crippen LogP contribution is 2.36. The van der Waals surface area contributed by atoms with E-state index in [2.05, 4.69) is 41.2 Å². The van der Waals surface area contributed by atoms with Gasteiger partial charge in [-0.1, -0.05) is 42.5 Å². The van der Waals surface area contributed by atoms with Gasteiger partial charge in [-0.15, -0.1) is 0 Å². The molecule has 1 saturated carbocycles. The summed E-state index contributed by atoms with van der Waals surface area (Å²) >= 11 is 0. The van der Waals surface area contributed by atoms with Gasteiger partial charge in [0.1, 0.15) is 5.84 Å². The molecule has 2 aliphatic heterocycles. The minimum atomic E-state index is -0.243. The van der Waals surface area contributed by atoms with Crippen LogP contribution in [-0.2, 0) is 11.2 Å². The van der Waals surface area contributed by atoms with E-state index in [4.69, 9.17) is 4.99 Å². The summed E-state index contributed by atoms with van der Waals surface area (Å²) in [5.41, 5.74) is 8.26. The van der Waals surface area contributed by atoms with Gasteiger partial charge in [0.25, 0.3) is 0 Å². The average Bonchev–Trinajstić information content (AvgIpc) is 3.03. The van der Waals surface area contributed by atoms with Gasteiger partial charge in [0.2, 0.25) is 0 Å². The Morgan fingerprint density at radius 1 is 1.12 bits per heavy atom. The molecule has 2 unspecified atom stereocenters. The molecule has 5 nitrogen and oxygen atoms in total. The summed E-state index contributed by atoms with van der Waals surface area (Å²) < 4.78 is 0. The third kappa shape index (κ3) is 2.64. The van der Waals surface area contributed by atoms with E-state index in [1.165, 1.54) is 10.8 Å². The lowest BCUT2D eigenvalue weighted by Gasteiger charge is -2.37. The first-order valence-corrected chi connectivity index (χ1v) is 9.18. The van der Waals surface area contributed by atoms with Crippen molar-refractivity contribution in [1.29, 1.82) is 0 Å². The number of allylic oxidation sites excluding steroid dienone is 2. The van der Waals surface area contributed by atoms with Gasteiger partial charge in [0, 0.05) is 18.5 Å². The van der Waals surface area contributed by atoms with Crippen LogP contribution in [0.4, 0.5) is 0 Å². The Hall–Kier alpha value is -2.50. The predicted octanol–water partition coefficient (Wildman–Crippen LogP) is 2.11. The van der Waals surface area contributed by atoms with Crippen LogP contribution >= 0.6 is 0 Å². The molecule has 132 valence electrons. The van der Waals surface area contributed by atoms with Gasteiger partial charge in [0.05, 0.1) is 17.7 Å². The SMILES string of the molecule is O=C1C=C(Cc2ccc3ccccc3c2)N=C2NNC(C3CC(O)C3)C12. The molecule has 2 fully saturated rings. The number of hydrogen-bond acceptors (Lipinski definition) is 5. The summed E-state index contributed by atoms with van der Waals surface area (Å²) in [6, 6.07) is 14.7. The van der Waals surface area contributed by atoms with E-state index in [-0.39, 0.29) is 23.8 Å². The number of aliphatic hydroxyl groups is 1. The molecule has 3 N–H and O–H groups in total. The van der Waals surface area contributed by atoms with Crippen LogP contribution in [0, 0.1) is 11.8 Å². The van der Waals surface area contributed by atoms with Crippen LogP contribution in [0.1, 0.15) is 18.4 Å². The lowest BCUT2D eigenvalue weighted by Crippen LogP contribution is -2.47. The van der Waals surface area contributed by atoms with Crippen molar-refractivity contribution in [3.8, 4) is 0 Å². The molecule has 0 aromatic heterocycles. The number of amidine groups is 1. The average molecular weight is 347 g/mol. The van der Waals surface area contributed by atoms with E-state index < -0.39 is 0 Å². The summed E-state index contributed by atoms with van der Waals surface area (Å²) in [7, 11) is 0. The second-order valence-corrected chi connectivity index (χ2v) is 7.55. The van der Waals surface area contributed by atoms with Gasteiger partial charge in [-0.3, -0.25) is 4.79 Å². The van der Waals surface area contributed by atoms with Gasteiger partial charge in [0.15, 0.2) is 5.78 Å². The smallest absolute Gasteiger partial charge is 0.169 e. The Balaban J connectivity index is 1.36. The zero-order valence-electron chi connectivity index (χ0n) is 14.4. The first-order valence-electron chi connectivity index (χ1n) is 9.18. The van der Waals surface area contributed by atoms with Crippen molar-refractivity contribution in [1.82, 2.24) is 10.9 Å². The number of aliphatic imine (C=N–C) groups is 1. The first kappa shape index (κ1) is 15.7. The van der Waals surface area contributed by atoms with E-state index in [1.807, 2.05) is 12.1 Å². The lowest BCUT2D eigenvalue weighted by molar-refractivity contribution is -0.118. The quantitative estimate of drug-likeness (QED) is 0.795. The van der Waals surface area contributed by atoms with Gasteiger partial charge >= 0.3 is 0 Å². The fourth-order valence-electron chi connectivity index (χ4n) is 4.30. The highest BCUT2D eigenvalue weighted by Gasteiger charge is 2.47. The lowest BCUT2D eigenvalue weighted by atomic mass is 9.72. The van der Waals surface area contributed by atoms with Crippen LogP contribution < -0.4 is 10.9 Å². The third-order valence-corrected chi connectivity index (χ3v) is 5.76. The number of aliphatic hydroxyl groups excluding tert-OH is 1. The van der Waals surface area contributed by atoms with Crippen LogP contribution in [-0.4, -0.2) is 28.9 Å². The Labute approximate surface area is 151 Å².